The first kappa shape index (κ1) is 28.3. The van der Waals surface area contributed by atoms with Crippen molar-refractivity contribution in [2.24, 2.45) is 11.8 Å². The van der Waals surface area contributed by atoms with Gasteiger partial charge in [-0.25, -0.2) is 8.78 Å². The molecule has 4 rings (SSSR count). The molecule has 8 nitrogen and oxygen atoms in total. The molecule has 2 heterocycles. The average Bonchev–Trinajstić information content (AvgIpc) is 3.53. The summed E-state index contributed by atoms with van der Waals surface area (Å²) >= 11 is 0. The summed E-state index contributed by atoms with van der Waals surface area (Å²) in [5.74, 6) is -1.84. The molecule has 2 aromatic carbocycles. The molecule has 0 saturated carbocycles. The first-order valence-electron chi connectivity index (χ1n) is 12.3. The van der Waals surface area contributed by atoms with Gasteiger partial charge in [0.25, 0.3) is 5.91 Å². The van der Waals surface area contributed by atoms with E-state index in [1.54, 1.807) is 37.4 Å². The van der Waals surface area contributed by atoms with E-state index >= 15 is 0 Å². The van der Waals surface area contributed by atoms with Crippen molar-refractivity contribution in [2.45, 2.75) is 38.8 Å². The van der Waals surface area contributed by atoms with E-state index < -0.39 is 23.8 Å². The summed E-state index contributed by atoms with van der Waals surface area (Å²) < 4.78 is 26.4. The number of carbonyl (C=O) groups excluding carboxylic acids is 3. The highest BCUT2D eigenvalue weighted by atomic mass is 19.1. The zero-order chi connectivity index (χ0) is 27.8. The number of aldehydes is 1. The lowest BCUT2D eigenvalue weighted by Crippen LogP contribution is -2.50. The van der Waals surface area contributed by atoms with Crippen LogP contribution in [-0.4, -0.2) is 53.7 Å². The normalized spacial score (nSPS) is 17.3. The number of nitrogens with zero attached hydrogens (tertiary/aromatic N) is 2. The number of anilines is 1. The van der Waals surface area contributed by atoms with Crippen molar-refractivity contribution in [1.82, 2.24) is 15.2 Å². The molecule has 1 fully saturated rings. The largest absolute Gasteiger partial charge is 0.386 e. The minimum absolute atomic E-state index is 0.106. The lowest BCUT2D eigenvalue weighted by atomic mass is 10.0. The minimum atomic E-state index is -0.847. The van der Waals surface area contributed by atoms with Crippen molar-refractivity contribution >= 4 is 34.7 Å². The molecule has 200 valence electrons. The Hall–Kier alpha value is -4.26. The first-order chi connectivity index (χ1) is 18.2. The fourth-order valence-corrected chi connectivity index (χ4v) is 4.37. The van der Waals surface area contributed by atoms with Crippen LogP contribution in [-0.2, 0) is 9.59 Å². The Kier molecular flexibility index (Phi) is 9.55. The molecule has 1 aliphatic rings. The number of amides is 2. The van der Waals surface area contributed by atoms with E-state index in [0.29, 0.717) is 29.4 Å². The van der Waals surface area contributed by atoms with Gasteiger partial charge in [-0.2, -0.15) is 5.26 Å². The number of benzene rings is 2. The highest BCUT2D eigenvalue weighted by Crippen LogP contribution is 2.24. The fourth-order valence-electron chi connectivity index (χ4n) is 4.37. The number of likely N-dealkylation sites (tertiary alicyclic amines) is 1. The Labute approximate surface area is 220 Å². The SMILES string of the molecule is CC(C)CC(NC(=O)c1cc2c(F)cccc2[nH]1)C(=O)N1CC(C=O)CC1C#N.CNc1ccccc1F. The topological polar surface area (TPSA) is 118 Å². The van der Waals surface area contributed by atoms with Crippen molar-refractivity contribution in [3.63, 3.8) is 0 Å². The van der Waals surface area contributed by atoms with E-state index in [2.05, 4.69) is 21.7 Å². The molecule has 2 amide bonds. The number of halogens is 2. The number of aromatic nitrogens is 1. The fraction of sp³-hybridized carbons (Fsp3) is 0.357. The highest BCUT2D eigenvalue weighted by Gasteiger charge is 2.38. The minimum Gasteiger partial charge on any atom is -0.386 e. The maximum absolute atomic E-state index is 13.9. The van der Waals surface area contributed by atoms with Crippen molar-refractivity contribution in [3.8, 4) is 6.07 Å². The Balaban J connectivity index is 0.000000375. The van der Waals surface area contributed by atoms with E-state index in [1.165, 1.54) is 23.1 Å². The van der Waals surface area contributed by atoms with Crippen LogP contribution in [0.25, 0.3) is 10.9 Å². The molecule has 3 atom stereocenters. The van der Waals surface area contributed by atoms with Gasteiger partial charge in [-0.15, -0.1) is 0 Å². The van der Waals surface area contributed by atoms with E-state index in [0.717, 1.165) is 6.29 Å². The van der Waals surface area contributed by atoms with Gasteiger partial charge in [0.05, 0.1) is 11.8 Å². The van der Waals surface area contributed by atoms with Crippen LogP contribution in [0.15, 0.2) is 48.5 Å². The number of hydrogen-bond acceptors (Lipinski definition) is 5. The highest BCUT2D eigenvalue weighted by molar-refractivity contribution is 6.00. The summed E-state index contributed by atoms with van der Waals surface area (Å²) in [6.07, 6.45) is 1.43. The third kappa shape index (κ3) is 6.73. The van der Waals surface area contributed by atoms with E-state index in [4.69, 9.17) is 0 Å². The monoisotopic (exact) mass is 523 g/mol. The Morgan fingerprint density at radius 3 is 2.47 bits per heavy atom. The molecule has 0 bridgehead atoms. The zero-order valence-corrected chi connectivity index (χ0v) is 21.5. The van der Waals surface area contributed by atoms with Gasteiger partial charge < -0.3 is 25.3 Å². The Morgan fingerprint density at radius 1 is 1.18 bits per heavy atom. The van der Waals surface area contributed by atoms with E-state index in [9.17, 15) is 28.4 Å². The third-order valence-electron chi connectivity index (χ3n) is 6.27. The summed E-state index contributed by atoms with van der Waals surface area (Å²) in [7, 11) is 1.69. The molecule has 1 aliphatic heterocycles. The number of hydrogen-bond donors (Lipinski definition) is 3. The third-order valence-corrected chi connectivity index (χ3v) is 6.27. The van der Waals surface area contributed by atoms with Crippen LogP contribution in [0.5, 0.6) is 0 Å². The predicted octanol–water partition coefficient (Wildman–Crippen LogP) is 4.26. The molecule has 0 aliphatic carbocycles. The molecule has 3 unspecified atom stereocenters. The molecule has 38 heavy (non-hydrogen) atoms. The molecule has 1 aromatic heterocycles. The van der Waals surface area contributed by atoms with Crippen LogP contribution in [0, 0.1) is 34.8 Å². The maximum atomic E-state index is 13.9. The quantitative estimate of drug-likeness (QED) is 0.400. The van der Waals surface area contributed by atoms with Gasteiger partial charge in [-0.1, -0.05) is 32.0 Å². The van der Waals surface area contributed by atoms with Gasteiger partial charge in [0.15, 0.2) is 0 Å². The van der Waals surface area contributed by atoms with Crippen LogP contribution in [0.2, 0.25) is 0 Å². The van der Waals surface area contributed by atoms with Crippen LogP contribution in [0.4, 0.5) is 14.5 Å². The van der Waals surface area contributed by atoms with Crippen molar-refractivity contribution in [1.29, 1.82) is 5.26 Å². The summed E-state index contributed by atoms with van der Waals surface area (Å²) in [5, 5.41) is 15.1. The van der Waals surface area contributed by atoms with Crippen LogP contribution in [0.3, 0.4) is 0 Å². The number of aromatic amines is 1. The molecule has 3 aromatic rings. The Bertz CT molecular complexity index is 1330. The maximum Gasteiger partial charge on any atom is 0.268 e. The van der Waals surface area contributed by atoms with Gasteiger partial charge in [0.2, 0.25) is 5.91 Å². The molecule has 10 heteroatoms. The van der Waals surface area contributed by atoms with Crippen molar-refractivity contribution < 1.29 is 23.2 Å². The molecule has 3 N–H and O–H groups in total. The lowest BCUT2D eigenvalue weighted by molar-refractivity contribution is -0.133. The van der Waals surface area contributed by atoms with Gasteiger partial charge in [-0.3, -0.25) is 9.59 Å². The number of carbonyl (C=O) groups is 3. The summed E-state index contributed by atoms with van der Waals surface area (Å²) in [5.41, 5.74) is 1.17. The number of nitriles is 1. The molecule has 0 spiro atoms. The van der Waals surface area contributed by atoms with Crippen LogP contribution >= 0.6 is 0 Å². The molecule has 1 saturated heterocycles. The lowest BCUT2D eigenvalue weighted by Gasteiger charge is -2.27. The second-order valence-electron chi connectivity index (χ2n) is 9.54. The van der Waals surface area contributed by atoms with Crippen molar-refractivity contribution in [3.05, 3.63) is 65.9 Å². The van der Waals surface area contributed by atoms with Gasteiger partial charge >= 0.3 is 0 Å². The molecule has 0 radical (unpaired) electrons. The number of rotatable bonds is 7. The average molecular weight is 524 g/mol. The van der Waals surface area contributed by atoms with Crippen molar-refractivity contribution in [2.75, 3.05) is 18.9 Å². The number of para-hydroxylation sites is 1. The number of nitrogens with one attached hydrogen (secondary N) is 3. The summed E-state index contributed by atoms with van der Waals surface area (Å²) in [4.78, 5) is 41.2. The van der Waals surface area contributed by atoms with E-state index in [-0.39, 0.29) is 35.8 Å². The predicted molar refractivity (Wildman–Crippen MR) is 140 cm³/mol. The first-order valence-corrected chi connectivity index (χ1v) is 12.3. The van der Waals surface area contributed by atoms with Gasteiger partial charge in [0.1, 0.15) is 35.7 Å². The summed E-state index contributed by atoms with van der Waals surface area (Å²) in [6.45, 7) is 4.01. The standard InChI is InChI=1S/C21H23FN4O3.C7H8FN/c1-12(2)6-19(21(29)26-10-13(11-27)7-14(26)9-23)25-20(28)18-8-15-16(22)4-3-5-17(15)24-18;1-9-7-5-3-2-4-6(7)8/h3-5,8,11-14,19,24H,6-7,10H2,1-2H3,(H,25,28);2-5,9H,1H3. The second kappa shape index (κ2) is 12.8. The second-order valence-corrected chi connectivity index (χ2v) is 9.54. The summed E-state index contributed by atoms with van der Waals surface area (Å²) in [6, 6.07) is 13.0. The van der Waals surface area contributed by atoms with Crippen LogP contribution < -0.4 is 10.6 Å². The van der Waals surface area contributed by atoms with Gasteiger partial charge in [0, 0.05) is 30.4 Å². The van der Waals surface area contributed by atoms with Crippen LogP contribution in [0.1, 0.15) is 37.2 Å². The Morgan fingerprint density at radius 2 is 1.89 bits per heavy atom. The smallest absolute Gasteiger partial charge is 0.268 e. The zero-order valence-electron chi connectivity index (χ0n) is 21.5. The number of H-pyrrole nitrogens is 1. The van der Waals surface area contributed by atoms with Gasteiger partial charge in [-0.05, 0) is 49.1 Å². The molecular weight excluding hydrogens is 492 g/mol. The molecular formula is C28H31F2N5O3. The number of fused-ring (bicyclic) bond motifs is 1. The van der Waals surface area contributed by atoms with E-state index in [1.807, 2.05) is 13.8 Å².